The van der Waals surface area contributed by atoms with E-state index in [1.807, 2.05) is 41.0 Å². The second-order valence-electron chi connectivity index (χ2n) is 7.22. The van der Waals surface area contributed by atoms with E-state index in [1.165, 1.54) is 9.13 Å². The molecule has 0 aliphatic carbocycles. The van der Waals surface area contributed by atoms with E-state index >= 15 is 0 Å². The maximum atomic E-state index is 13.3. The lowest BCUT2D eigenvalue weighted by molar-refractivity contribution is 0.652. The van der Waals surface area contributed by atoms with Crippen molar-refractivity contribution >= 4 is 50.3 Å². The zero-order valence-electron chi connectivity index (χ0n) is 16.0. The van der Waals surface area contributed by atoms with Crippen molar-refractivity contribution in [3.63, 3.8) is 0 Å². The van der Waals surface area contributed by atoms with Crippen LogP contribution in [0.5, 0.6) is 0 Å². The van der Waals surface area contributed by atoms with Crippen LogP contribution in [0.1, 0.15) is 5.56 Å². The topological polar surface area (TPSA) is 65.1 Å². The number of benzene rings is 2. The average molecular weight is 487 g/mol. The number of aromatic nitrogens is 4. The molecule has 0 bridgehead atoms. The molecule has 0 N–H and O–H groups in total. The molecule has 152 valence electrons. The van der Waals surface area contributed by atoms with Crippen LogP contribution < -0.4 is 16.1 Å². The molecule has 9 heteroatoms. The number of anilines is 2. The van der Waals surface area contributed by atoms with E-state index in [9.17, 15) is 9.59 Å². The Morgan fingerprint density at radius 3 is 2.43 bits per heavy atom. The molecule has 0 spiro atoms. The number of rotatable bonds is 3. The molecule has 0 unspecified atom stereocenters. The Morgan fingerprint density at radius 1 is 1.03 bits per heavy atom. The van der Waals surface area contributed by atoms with Gasteiger partial charge in [-0.2, -0.15) is 4.98 Å². The van der Waals surface area contributed by atoms with Crippen LogP contribution in [0.4, 0.5) is 11.6 Å². The van der Waals surface area contributed by atoms with Gasteiger partial charge in [0.15, 0.2) is 11.2 Å². The smallest absolute Gasteiger partial charge is 0.310 e. The van der Waals surface area contributed by atoms with Crippen molar-refractivity contribution < 1.29 is 0 Å². The summed E-state index contributed by atoms with van der Waals surface area (Å²) in [6.07, 6.45) is 0. The largest absolute Gasteiger partial charge is 0.332 e. The quantitative estimate of drug-likeness (QED) is 0.444. The first kappa shape index (κ1) is 19.1. The third-order valence-electron chi connectivity index (χ3n) is 5.39. The summed E-state index contributed by atoms with van der Waals surface area (Å²) in [6, 6.07) is 15.1. The van der Waals surface area contributed by atoms with Crippen LogP contribution in [0.2, 0.25) is 5.02 Å². The van der Waals surface area contributed by atoms with Gasteiger partial charge in [-0.1, -0.05) is 39.7 Å². The SMILES string of the molecule is Cn1c(=O)n(Cc2ccc(Cl)cc2)c(=O)c2c1nc1n2CCN1c1ccc(Br)cc1. The van der Waals surface area contributed by atoms with E-state index < -0.39 is 5.69 Å². The van der Waals surface area contributed by atoms with Crippen LogP contribution >= 0.6 is 27.5 Å². The van der Waals surface area contributed by atoms with Crippen molar-refractivity contribution in [1.29, 1.82) is 0 Å². The van der Waals surface area contributed by atoms with Gasteiger partial charge in [0.1, 0.15) is 0 Å². The molecule has 2 aromatic heterocycles. The third kappa shape index (κ3) is 2.98. The first-order valence-corrected chi connectivity index (χ1v) is 10.6. The van der Waals surface area contributed by atoms with Crippen LogP contribution in [0.15, 0.2) is 62.6 Å². The number of nitrogens with zero attached hydrogens (tertiary/aromatic N) is 5. The molecular weight excluding hydrogens is 470 g/mol. The monoisotopic (exact) mass is 485 g/mol. The summed E-state index contributed by atoms with van der Waals surface area (Å²) in [5.74, 6) is 0.670. The lowest BCUT2D eigenvalue weighted by Crippen LogP contribution is -2.40. The lowest BCUT2D eigenvalue weighted by atomic mass is 10.2. The normalized spacial score (nSPS) is 13.2. The first-order valence-electron chi connectivity index (χ1n) is 9.41. The molecule has 30 heavy (non-hydrogen) atoms. The van der Waals surface area contributed by atoms with E-state index in [2.05, 4.69) is 25.8 Å². The highest BCUT2D eigenvalue weighted by Crippen LogP contribution is 2.32. The summed E-state index contributed by atoms with van der Waals surface area (Å²) in [6.45, 7) is 1.51. The van der Waals surface area contributed by atoms with Crippen LogP contribution in [0.3, 0.4) is 0 Å². The van der Waals surface area contributed by atoms with E-state index in [-0.39, 0.29) is 12.1 Å². The molecule has 0 atom stereocenters. The Balaban J connectivity index is 1.66. The van der Waals surface area contributed by atoms with Gasteiger partial charge < -0.3 is 9.47 Å². The summed E-state index contributed by atoms with van der Waals surface area (Å²) >= 11 is 9.40. The van der Waals surface area contributed by atoms with Gasteiger partial charge in [0.25, 0.3) is 5.56 Å². The zero-order valence-corrected chi connectivity index (χ0v) is 18.4. The number of fused-ring (bicyclic) bond motifs is 3. The van der Waals surface area contributed by atoms with Crippen LogP contribution in [-0.4, -0.2) is 25.2 Å². The molecule has 2 aromatic carbocycles. The molecule has 0 saturated heterocycles. The number of imidazole rings is 1. The fourth-order valence-electron chi connectivity index (χ4n) is 3.86. The second-order valence-corrected chi connectivity index (χ2v) is 8.58. The minimum atomic E-state index is -0.394. The van der Waals surface area contributed by atoms with Crippen molar-refractivity contribution in [2.75, 3.05) is 11.4 Å². The number of hydrogen-bond acceptors (Lipinski definition) is 4. The van der Waals surface area contributed by atoms with Crippen LogP contribution in [0.25, 0.3) is 11.2 Å². The molecule has 4 aromatic rings. The van der Waals surface area contributed by atoms with Gasteiger partial charge in [0, 0.05) is 35.3 Å². The van der Waals surface area contributed by atoms with E-state index in [1.54, 1.807) is 19.2 Å². The maximum absolute atomic E-state index is 13.3. The summed E-state index contributed by atoms with van der Waals surface area (Å²) in [4.78, 5) is 33.0. The van der Waals surface area contributed by atoms with E-state index in [0.717, 1.165) is 15.7 Å². The molecule has 0 fully saturated rings. The Hall–Kier alpha value is -2.84. The lowest BCUT2D eigenvalue weighted by Gasteiger charge is -2.15. The van der Waals surface area contributed by atoms with Crippen molar-refractivity contribution in [3.05, 3.63) is 84.4 Å². The number of halogens is 2. The molecule has 1 aliphatic rings. The van der Waals surface area contributed by atoms with Crippen molar-refractivity contribution in [1.82, 2.24) is 18.7 Å². The van der Waals surface area contributed by atoms with Gasteiger partial charge in [0.2, 0.25) is 5.95 Å². The van der Waals surface area contributed by atoms with Crippen LogP contribution in [0, 0.1) is 0 Å². The van der Waals surface area contributed by atoms with E-state index in [0.29, 0.717) is 35.2 Å². The standard InChI is InChI=1S/C21H17BrClN5O2/c1-25-18-17(19(29)28(21(25)30)12-13-2-6-15(23)7-3-13)27-11-10-26(20(27)24-18)16-8-4-14(22)5-9-16/h2-9H,10-12H2,1H3. The average Bonchev–Trinajstić information content (AvgIpc) is 3.31. The summed E-state index contributed by atoms with van der Waals surface area (Å²) in [5, 5.41) is 0.607. The highest BCUT2D eigenvalue weighted by molar-refractivity contribution is 9.10. The highest BCUT2D eigenvalue weighted by Gasteiger charge is 2.28. The van der Waals surface area contributed by atoms with Gasteiger partial charge in [-0.25, -0.2) is 4.79 Å². The molecule has 1 aliphatic heterocycles. The molecule has 0 amide bonds. The third-order valence-corrected chi connectivity index (χ3v) is 6.17. The predicted octanol–water partition coefficient (Wildman–Crippen LogP) is 3.51. The summed E-state index contributed by atoms with van der Waals surface area (Å²) in [5.41, 5.74) is 1.93. The molecule has 0 saturated carbocycles. The number of hydrogen-bond donors (Lipinski definition) is 0. The molecular formula is C21H17BrClN5O2. The van der Waals surface area contributed by atoms with Gasteiger partial charge in [0.05, 0.1) is 6.54 Å². The Morgan fingerprint density at radius 2 is 1.73 bits per heavy atom. The van der Waals surface area contributed by atoms with Gasteiger partial charge in [-0.05, 0) is 42.0 Å². The van der Waals surface area contributed by atoms with Crippen LogP contribution in [-0.2, 0) is 20.1 Å². The maximum Gasteiger partial charge on any atom is 0.332 e. The zero-order chi connectivity index (χ0) is 21.0. The van der Waals surface area contributed by atoms with Gasteiger partial charge >= 0.3 is 5.69 Å². The minimum absolute atomic E-state index is 0.176. The Kier molecular flexibility index (Phi) is 4.56. The van der Waals surface area contributed by atoms with Crippen molar-refractivity contribution in [2.45, 2.75) is 13.1 Å². The van der Waals surface area contributed by atoms with Gasteiger partial charge in [-0.3, -0.25) is 13.9 Å². The first-order chi connectivity index (χ1) is 14.4. The number of aryl methyl sites for hydroxylation is 1. The van der Waals surface area contributed by atoms with Crippen molar-refractivity contribution in [2.24, 2.45) is 7.05 Å². The molecule has 3 heterocycles. The van der Waals surface area contributed by atoms with Gasteiger partial charge in [-0.15, -0.1) is 0 Å². The molecule has 0 radical (unpaired) electrons. The minimum Gasteiger partial charge on any atom is -0.310 e. The Labute approximate surface area is 184 Å². The van der Waals surface area contributed by atoms with E-state index in [4.69, 9.17) is 11.6 Å². The predicted molar refractivity (Wildman–Crippen MR) is 121 cm³/mol. The Bertz CT molecular complexity index is 1390. The fraction of sp³-hybridized carbons (Fsp3) is 0.190. The second kappa shape index (κ2) is 7.14. The highest BCUT2D eigenvalue weighted by atomic mass is 79.9. The summed E-state index contributed by atoms with van der Waals surface area (Å²) < 4.78 is 5.59. The molecule has 7 nitrogen and oxygen atoms in total. The summed E-state index contributed by atoms with van der Waals surface area (Å²) in [7, 11) is 1.65. The molecule has 5 rings (SSSR count). The van der Waals surface area contributed by atoms with Crippen molar-refractivity contribution in [3.8, 4) is 0 Å². The fourth-order valence-corrected chi connectivity index (χ4v) is 4.25.